The van der Waals surface area contributed by atoms with Gasteiger partial charge in [0.2, 0.25) is 6.29 Å². The largest absolute Gasteiger partial charge is 0.552 e. The zero-order valence-electron chi connectivity index (χ0n) is 8.29. The lowest BCUT2D eigenvalue weighted by molar-refractivity contribution is -0.0804. The second-order valence-corrected chi connectivity index (χ2v) is 3.29. The molecule has 2 aromatic rings. The van der Waals surface area contributed by atoms with E-state index in [2.05, 4.69) is 4.74 Å². The Kier molecular flexibility index (Phi) is 2.74. The second kappa shape index (κ2) is 4.20. The van der Waals surface area contributed by atoms with Gasteiger partial charge >= 0.3 is 6.16 Å². The Morgan fingerprint density at radius 3 is 2.56 bits per heavy atom. The lowest BCUT2D eigenvalue weighted by Crippen LogP contribution is -2.07. The van der Waals surface area contributed by atoms with Gasteiger partial charge in [0, 0.05) is 5.56 Å². The molecule has 0 saturated carbocycles. The van der Waals surface area contributed by atoms with Gasteiger partial charge in [-0.2, -0.15) is 9.90 Å². The molecule has 0 aromatic heterocycles. The standard InChI is InChI=1S/C12H9O4/c13-11(16-12(14)15)10-7-3-5-8-4-1-2-6-9(8)10/h1-7,11,13H. The molecule has 2 rings (SSSR count). The molecule has 0 aliphatic rings. The second-order valence-electron chi connectivity index (χ2n) is 3.29. The van der Waals surface area contributed by atoms with E-state index in [4.69, 9.17) is 0 Å². The maximum atomic E-state index is 10.2. The minimum atomic E-state index is -1.75. The molecule has 1 unspecified atom stereocenters. The highest BCUT2D eigenvalue weighted by Crippen LogP contribution is 2.24. The number of ether oxygens (including phenoxy) is 1. The Labute approximate surface area is 91.7 Å². The summed E-state index contributed by atoms with van der Waals surface area (Å²) in [7, 11) is 0. The van der Waals surface area contributed by atoms with Crippen LogP contribution >= 0.6 is 0 Å². The van der Waals surface area contributed by atoms with Crippen molar-refractivity contribution in [3.8, 4) is 0 Å². The van der Waals surface area contributed by atoms with Gasteiger partial charge in [-0.1, -0.05) is 42.5 Å². The number of carbonyl (C=O) groups excluding carboxylic acids is 1. The van der Waals surface area contributed by atoms with Gasteiger partial charge in [-0.3, -0.25) is 0 Å². The van der Waals surface area contributed by atoms with Crippen LogP contribution in [0.3, 0.4) is 0 Å². The molecule has 0 aliphatic heterocycles. The van der Waals surface area contributed by atoms with Crippen LogP contribution < -0.4 is 0 Å². The number of aliphatic hydroxyl groups is 1. The monoisotopic (exact) mass is 217 g/mol. The van der Waals surface area contributed by atoms with Crippen molar-refractivity contribution in [1.29, 1.82) is 0 Å². The summed E-state index contributed by atoms with van der Waals surface area (Å²) >= 11 is 0. The Morgan fingerprint density at radius 1 is 1.12 bits per heavy atom. The average molecular weight is 217 g/mol. The molecule has 2 aromatic carbocycles. The summed E-state index contributed by atoms with van der Waals surface area (Å²) in [6.45, 7) is 0. The third-order valence-corrected chi connectivity index (χ3v) is 2.30. The zero-order chi connectivity index (χ0) is 11.5. The fourth-order valence-corrected chi connectivity index (χ4v) is 1.62. The van der Waals surface area contributed by atoms with E-state index in [1.165, 1.54) is 0 Å². The van der Waals surface area contributed by atoms with Crippen LogP contribution in [-0.4, -0.2) is 11.3 Å². The number of carbonyl (C=O) groups is 1. The summed E-state index contributed by atoms with van der Waals surface area (Å²) in [5, 5.41) is 21.4. The number of hydrogen-bond donors (Lipinski definition) is 1. The van der Waals surface area contributed by atoms with Crippen molar-refractivity contribution in [3.05, 3.63) is 48.0 Å². The van der Waals surface area contributed by atoms with Crippen molar-refractivity contribution in [2.24, 2.45) is 0 Å². The first kappa shape index (κ1) is 10.4. The third-order valence-electron chi connectivity index (χ3n) is 2.30. The van der Waals surface area contributed by atoms with Crippen LogP contribution in [0.15, 0.2) is 42.5 Å². The van der Waals surface area contributed by atoms with E-state index in [1.54, 1.807) is 24.3 Å². The van der Waals surface area contributed by atoms with Crippen LogP contribution in [0.4, 0.5) is 4.79 Å². The van der Waals surface area contributed by atoms with Crippen LogP contribution in [0.1, 0.15) is 11.9 Å². The fourth-order valence-electron chi connectivity index (χ4n) is 1.62. The smallest absolute Gasteiger partial charge is 0.398 e. The van der Waals surface area contributed by atoms with Crippen molar-refractivity contribution < 1.29 is 19.7 Å². The quantitative estimate of drug-likeness (QED) is 0.620. The van der Waals surface area contributed by atoms with Crippen LogP contribution in [0, 0.1) is 0 Å². The van der Waals surface area contributed by atoms with Crippen LogP contribution in [0.5, 0.6) is 0 Å². The molecular formula is C12H9O4. The summed E-state index contributed by atoms with van der Waals surface area (Å²) in [5.41, 5.74) is 0.405. The topological polar surface area (TPSA) is 66.4 Å². The number of rotatable bonds is 2. The first-order chi connectivity index (χ1) is 7.68. The number of aliphatic hydroxyl groups excluding tert-OH is 1. The van der Waals surface area contributed by atoms with Crippen molar-refractivity contribution in [1.82, 2.24) is 0 Å². The molecule has 0 saturated heterocycles. The fraction of sp³-hybridized carbons (Fsp3) is 0.0833. The molecular weight excluding hydrogens is 208 g/mol. The van der Waals surface area contributed by atoms with E-state index < -0.39 is 12.4 Å². The SMILES string of the molecule is [O]C(=O)OC(O)c1cccc2ccccc12. The van der Waals surface area contributed by atoms with E-state index in [0.29, 0.717) is 5.56 Å². The molecule has 4 nitrogen and oxygen atoms in total. The summed E-state index contributed by atoms with van der Waals surface area (Å²) in [6, 6.07) is 12.5. The van der Waals surface area contributed by atoms with Gasteiger partial charge in [0.15, 0.2) is 0 Å². The van der Waals surface area contributed by atoms with Gasteiger partial charge in [0.1, 0.15) is 0 Å². The molecule has 0 aliphatic carbocycles. The Balaban J connectivity index is 2.47. The van der Waals surface area contributed by atoms with Gasteiger partial charge in [-0.15, -0.1) is 0 Å². The van der Waals surface area contributed by atoms with Gasteiger partial charge in [0.05, 0.1) is 0 Å². The van der Waals surface area contributed by atoms with Crippen LogP contribution in [0.25, 0.3) is 10.8 Å². The lowest BCUT2D eigenvalue weighted by atomic mass is 10.0. The molecule has 1 radical (unpaired) electrons. The van der Waals surface area contributed by atoms with E-state index >= 15 is 0 Å². The molecule has 81 valence electrons. The molecule has 16 heavy (non-hydrogen) atoms. The summed E-state index contributed by atoms with van der Waals surface area (Å²) in [6.07, 6.45) is -3.27. The van der Waals surface area contributed by atoms with Gasteiger partial charge in [-0.05, 0) is 10.8 Å². The molecule has 1 N–H and O–H groups in total. The normalized spacial score (nSPS) is 12.3. The van der Waals surface area contributed by atoms with E-state index in [0.717, 1.165) is 10.8 Å². The summed E-state index contributed by atoms with van der Waals surface area (Å²) < 4.78 is 4.21. The highest BCUT2D eigenvalue weighted by atomic mass is 16.7. The van der Waals surface area contributed by atoms with Gasteiger partial charge < -0.3 is 9.84 Å². The number of hydrogen-bond acceptors (Lipinski definition) is 3. The third kappa shape index (κ3) is 1.97. The first-order valence-corrected chi connectivity index (χ1v) is 4.72. The van der Waals surface area contributed by atoms with Gasteiger partial charge in [0.25, 0.3) is 0 Å². The lowest BCUT2D eigenvalue weighted by Gasteiger charge is -2.11. The average Bonchev–Trinajstić information content (AvgIpc) is 2.27. The van der Waals surface area contributed by atoms with E-state index in [-0.39, 0.29) is 0 Å². The minimum absolute atomic E-state index is 0.405. The van der Waals surface area contributed by atoms with Crippen molar-refractivity contribution in [2.75, 3.05) is 0 Å². The zero-order valence-corrected chi connectivity index (χ0v) is 8.29. The molecule has 0 amide bonds. The number of fused-ring (bicyclic) bond motifs is 1. The van der Waals surface area contributed by atoms with Crippen LogP contribution in [0.2, 0.25) is 0 Å². The maximum Gasteiger partial charge on any atom is 0.552 e. The molecule has 0 fully saturated rings. The maximum absolute atomic E-state index is 10.2. The van der Waals surface area contributed by atoms with Crippen molar-refractivity contribution in [3.63, 3.8) is 0 Å². The minimum Gasteiger partial charge on any atom is -0.398 e. The Morgan fingerprint density at radius 2 is 1.81 bits per heavy atom. The summed E-state index contributed by atoms with van der Waals surface area (Å²) in [5.74, 6) is 0. The molecule has 0 bridgehead atoms. The Bertz CT molecular complexity index is 516. The molecule has 0 spiro atoms. The highest BCUT2D eigenvalue weighted by molar-refractivity contribution is 5.85. The first-order valence-electron chi connectivity index (χ1n) is 4.72. The predicted octanol–water partition coefficient (Wildman–Crippen LogP) is 2.40. The van der Waals surface area contributed by atoms with Crippen molar-refractivity contribution in [2.45, 2.75) is 6.29 Å². The molecule has 0 heterocycles. The number of benzene rings is 2. The van der Waals surface area contributed by atoms with Crippen molar-refractivity contribution >= 4 is 16.9 Å². The predicted molar refractivity (Wildman–Crippen MR) is 56.1 cm³/mol. The highest BCUT2D eigenvalue weighted by Gasteiger charge is 2.15. The Hall–Kier alpha value is -2.07. The van der Waals surface area contributed by atoms with Crippen LogP contribution in [-0.2, 0) is 9.84 Å². The summed E-state index contributed by atoms with van der Waals surface area (Å²) in [4.78, 5) is 10.2. The molecule has 4 heteroatoms. The van der Waals surface area contributed by atoms with E-state index in [1.807, 2.05) is 18.2 Å². The van der Waals surface area contributed by atoms with E-state index in [9.17, 15) is 15.0 Å². The molecule has 1 atom stereocenters. The van der Waals surface area contributed by atoms with Gasteiger partial charge in [-0.25, -0.2) is 0 Å².